The maximum absolute atomic E-state index is 11.9. The van der Waals surface area contributed by atoms with Gasteiger partial charge in [-0.25, -0.2) is 0 Å². The first-order valence-corrected chi connectivity index (χ1v) is 12.3. The molecule has 1 aromatic carbocycles. The molecular weight excluding hydrogens is 402 g/mol. The summed E-state index contributed by atoms with van der Waals surface area (Å²) in [4.78, 5) is 2.52. The van der Waals surface area contributed by atoms with E-state index in [-0.39, 0.29) is 28.6 Å². The summed E-state index contributed by atoms with van der Waals surface area (Å²) in [6.07, 6.45) is 8.94. The maximum Gasteiger partial charge on any atom is 0.165 e. The summed E-state index contributed by atoms with van der Waals surface area (Å²) < 4.78 is 13.2. The number of nitrogens with zero attached hydrogens (tertiary/aromatic N) is 1. The molecule has 2 spiro atoms. The lowest BCUT2D eigenvalue weighted by Crippen LogP contribution is -2.80. The highest BCUT2D eigenvalue weighted by molar-refractivity contribution is 5.65. The summed E-state index contributed by atoms with van der Waals surface area (Å²) >= 11 is 0. The van der Waals surface area contributed by atoms with Crippen LogP contribution in [0.15, 0.2) is 24.3 Å². The van der Waals surface area contributed by atoms with Crippen LogP contribution in [0.3, 0.4) is 0 Å². The second-order valence-electron chi connectivity index (χ2n) is 11.8. The first-order chi connectivity index (χ1) is 15.1. The van der Waals surface area contributed by atoms with Crippen molar-refractivity contribution < 1.29 is 19.7 Å². The van der Waals surface area contributed by atoms with Gasteiger partial charge in [0.25, 0.3) is 0 Å². The number of rotatable bonds is 5. The molecule has 6 aliphatic rings. The molecule has 0 amide bonds. The van der Waals surface area contributed by atoms with E-state index in [1.807, 2.05) is 6.92 Å². The van der Waals surface area contributed by atoms with E-state index >= 15 is 0 Å². The fourth-order valence-corrected chi connectivity index (χ4v) is 8.52. The van der Waals surface area contributed by atoms with Crippen LogP contribution in [-0.4, -0.2) is 59.2 Å². The second-order valence-corrected chi connectivity index (χ2v) is 11.8. The van der Waals surface area contributed by atoms with Crippen molar-refractivity contribution in [1.82, 2.24) is 4.90 Å². The van der Waals surface area contributed by atoms with Gasteiger partial charge in [0.05, 0.1) is 11.0 Å². The monoisotopic (exact) mass is 439 g/mol. The van der Waals surface area contributed by atoms with Crippen molar-refractivity contribution in [1.29, 1.82) is 0 Å². The van der Waals surface area contributed by atoms with Gasteiger partial charge in [-0.1, -0.05) is 32.1 Å². The number of aliphatic hydroxyl groups is 1. The van der Waals surface area contributed by atoms with E-state index in [0.29, 0.717) is 17.7 Å². The van der Waals surface area contributed by atoms with Crippen LogP contribution in [0.4, 0.5) is 0 Å². The van der Waals surface area contributed by atoms with Gasteiger partial charge in [-0.15, -0.1) is 0 Å². The van der Waals surface area contributed by atoms with Crippen LogP contribution in [0, 0.1) is 17.3 Å². The fraction of sp³-hybridized carbons (Fsp3) is 0.704. The topological polar surface area (TPSA) is 62.2 Å². The van der Waals surface area contributed by atoms with Crippen LogP contribution in [0.2, 0.25) is 0 Å². The van der Waals surface area contributed by atoms with Crippen LogP contribution in [0.25, 0.3) is 0 Å². The van der Waals surface area contributed by atoms with Crippen molar-refractivity contribution in [2.24, 2.45) is 17.3 Å². The van der Waals surface area contributed by atoms with Gasteiger partial charge in [0.2, 0.25) is 0 Å². The Morgan fingerprint density at radius 1 is 1.31 bits per heavy atom. The third-order valence-corrected chi connectivity index (χ3v) is 10.1. The minimum absolute atomic E-state index is 0.0751. The highest BCUT2D eigenvalue weighted by Crippen LogP contribution is 2.75. The molecule has 1 saturated carbocycles. The quantitative estimate of drug-likeness (QED) is 0.684. The average molecular weight is 440 g/mol. The van der Waals surface area contributed by atoms with E-state index < -0.39 is 11.2 Å². The van der Waals surface area contributed by atoms with E-state index in [0.717, 1.165) is 38.6 Å². The highest BCUT2D eigenvalue weighted by atomic mass is 16.6. The van der Waals surface area contributed by atoms with Gasteiger partial charge in [0, 0.05) is 30.0 Å². The summed E-state index contributed by atoms with van der Waals surface area (Å²) in [5.41, 5.74) is 0.580. The number of aromatic hydroxyl groups is 1. The smallest absolute Gasteiger partial charge is 0.165 e. The summed E-state index contributed by atoms with van der Waals surface area (Å²) in [5, 5.41) is 22.7. The van der Waals surface area contributed by atoms with Crippen molar-refractivity contribution in [3.8, 4) is 11.5 Å². The number of phenolic OH excluding ortho intramolecular Hbond substituents is 1. The molecule has 32 heavy (non-hydrogen) atoms. The third kappa shape index (κ3) is 2.17. The number of phenols is 1. The van der Waals surface area contributed by atoms with Crippen molar-refractivity contribution in [3.63, 3.8) is 0 Å². The van der Waals surface area contributed by atoms with E-state index in [9.17, 15) is 10.2 Å². The first-order valence-electron chi connectivity index (χ1n) is 12.3. The summed E-state index contributed by atoms with van der Waals surface area (Å²) in [5.74, 6) is 1.35. The van der Waals surface area contributed by atoms with Gasteiger partial charge < -0.3 is 24.6 Å². The predicted molar refractivity (Wildman–Crippen MR) is 123 cm³/mol. The van der Waals surface area contributed by atoms with Gasteiger partial charge in [0.1, 0.15) is 11.7 Å². The Morgan fingerprint density at radius 2 is 2.09 bits per heavy atom. The number of piperidine rings is 1. The minimum Gasteiger partial charge on any atom is -0.504 e. The number of benzene rings is 1. The molecule has 2 heterocycles. The number of fused-ring (bicyclic) bond motifs is 1. The Kier molecular flexibility index (Phi) is 4.14. The molecule has 2 fully saturated rings. The molecule has 5 nitrogen and oxygen atoms in total. The normalized spacial score (nSPS) is 42.7. The van der Waals surface area contributed by atoms with Crippen molar-refractivity contribution in [2.45, 2.75) is 81.6 Å². The fourth-order valence-electron chi connectivity index (χ4n) is 8.52. The largest absolute Gasteiger partial charge is 0.504 e. The Hall–Kier alpha value is -1.56. The zero-order valence-electron chi connectivity index (χ0n) is 20.0. The number of methoxy groups -OCH3 is 1. The summed E-state index contributed by atoms with van der Waals surface area (Å²) in [6, 6.07) is 4.24. The highest BCUT2D eigenvalue weighted by Gasteiger charge is 2.80. The van der Waals surface area contributed by atoms with Gasteiger partial charge in [0.15, 0.2) is 11.5 Å². The summed E-state index contributed by atoms with van der Waals surface area (Å²) in [7, 11) is 4.02. The van der Waals surface area contributed by atoms with Crippen molar-refractivity contribution in [2.75, 3.05) is 20.7 Å². The molecular formula is C27H37NO4. The number of ether oxygens (including phenoxy) is 2. The van der Waals surface area contributed by atoms with Crippen molar-refractivity contribution in [3.05, 3.63) is 35.4 Å². The van der Waals surface area contributed by atoms with Crippen molar-refractivity contribution >= 4 is 0 Å². The van der Waals surface area contributed by atoms with E-state index in [2.05, 4.69) is 44.0 Å². The zero-order valence-corrected chi connectivity index (χ0v) is 20.0. The molecule has 7 rings (SSSR count). The number of hydrogen-bond donors (Lipinski definition) is 2. The minimum atomic E-state index is -0.868. The molecule has 1 saturated heterocycles. The van der Waals surface area contributed by atoms with Crippen LogP contribution >= 0.6 is 0 Å². The Labute approximate surface area is 191 Å². The lowest BCUT2D eigenvalue weighted by molar-refractivity contribution is -0.247. The summed E-state index contributed by atoms with van der Waals surface area (Å²) in [6.45, 7) is 7.43. The predicted octanol–water partition coefficient (Wildman–Crippen LogP) is 3.80. The zero-order chi connectivity index (χ0) is 22.7. The van der Waals surface area contributed by atoms with Crippen LogP contribution < -0.4 is 4.74 Å². The van der Waals surface area contributed by atoms with Crippen LogP contribution in [0.5, 0.6) is 11.5 Å². The number of likely N-dealkylation sites (N-methyl/N-ethyl adjacent to an activating group) is 1. The van der Waals surface area contributed by atoms with Crippen LogP contribution in [-0.2, 0) is 16.6 Å². The molecule has 4 aliphatic carbocycles. The molecule has 0 radical (unpaired) electrons. The number of likely N-dealkylation sites (tertiary alicyclic amines) is 1. The average Bonchev–Trinajstić information content (AvgIpc) is 3.14. The van der Waals surface area contributed by atoms with Crippen LogP contribution in [0.1, 0.15) is 57.6 Å². The molecule has 0 aromatic heterocycles. The Balaban J connectivity index is 1.59. The maximum atomic E-state index is 11.9. The van der Waals surface area contributed by atoms with E-state index in [1.54, 1.807) is 13.2 Å². The first kappa shape index (κ1) is 21.0. The number of hydrogen-bond acceptors (Lipinski definition) is 5. The molecule has 7 atom stereocenters. The van der Waals surface area contributed by atoms with Gasteiger partial charge in [-0.2, -0.15) is 0 Å². The van der Waals surface area contributed by atoms with Gasteiger partial charge in [-0.05, 0) is 70.2 Å². The standard InChI is InChI=1S/C27H37NO4/c1-16(2)8-9-24(3,30)19-15-25-10-11-27(19,31-5)23-26(25)12-13-28(4)20(25)14-17-6-7-18(29)22(32-23)21(17)26/h6-7,10-11,16,19-20,23,29-30H,8-9,12-15H2,1-5H3/t19-,20-,23-,24-,25?,26+,27+/m1/s1. The lowest BCUT2D eigenvalue weighted by atomic mass is 9.36. The molecule has 2 N–H and O–H groups in total. The molecule has 1 aromatic rings. The third-order valence-electron chi connectivity index (χ3n) is 10.1. The molecule has 4 bridgehead atoms. The molecule has 174 valence electrons. The SMILES string of the molecule is CO[C@@]12C=CC3(C[C@@H]1[C@](C)(O)CCC(C)C)[C@H]1Cc4ccc(O)c5c4[C@@]3(CCN1C)[C@H]2O5. The molecule has 2 aliphatic heterocycles. The molecule has 1 unspecified atom stereocenters. The lowest BCUT2D eigenvalue weighted by Gasteiger charge is -2.72. The van der Waals surface area contributed by atoms with Gasteiger partial charge in [-0.3, -0.25) is 0 Å². The molecule has 5 heteroatoms. The van der Waals surface area contributed by atoms with E-state index in [1.165, 1.54) is 11.1 Å². The van der Waals surface area contributed by atoms with E-state index in [4.69, 9.17) is 9.47 Å². The Morgan fingerprint density at radius 3 is 2.81 bits per heavy atom. The second kappa shape index (κ2) is 6.31. The van der Waals surface area contributed by atoms with Gasteiger partial charge >= 0.3 is 0 Å². The Bertz CT molecular complexity index is 1000.